The molecule has 0 bridgehead atoms. The average Bonchev–Trinajstić information content (AvgIpc) is 2.50. The summed E-state index contributed by atoms with van der Waals surface area (Å²) in [7, 11) is -3.58. The number of aryl methyl sites for hydroxylation is 3. The highest BCUT2D eigenvalue weighted by molar-refractivity contribution is 7.89. The van der Waals surface area contributed by atoms with Crippen molar-refractivity contribution >= 4 is 21.6 Å². The minimum absolute atomic E-state index is 0.125. The van der Waals surface area contributed by atoms with Gasteiger partial charge < -0.3 is 4.90 Å². The van der Waals surface area contributed by atoms with Crippen molar-refractivity contribution in [2.45, 2.75) is 32.6 Å². The second kappa shape index (κ2) is 7.80. The maximum Gasteiger partial charge on any atom is 0.240 e. The van der Waals surface area contributed by atoms with Gasteiger partial charge in [0.2, 0.25) is 15.9 Å². The molecule has 2 aromatic rings. The van der Waals surface area contributed by atoms with E-state index in [4.69, 9.17) is 0 Å². The lowest BCUT2D eigenvalue weighted by molar-refractivity contribution is -0.116. The largest absolute Gasteiger partial charge is 0.311 e. The van der Waals surface area contributed by atoms with Crippen LogP contribution in [0.1, 0.15) is 23.6 Å². The minimum atomic E-state index is -3.58. The van der Waals surface area contributed by atoms with Crippen molar-refractivity contribution in [1.29, 1.82) is 0 Å². The van der Waals surface area contributed by atoms with E-state index in [1.165, 1.54) is 6.92 Å². The van der Waals surface area contributed by atoms with Gasteiger partial charge in [0, 0.05) is 25.7 Å². The topological polar surface area (TPSA) is 66.5 Å². The SMILES string of the molecule is CC(=O)N(CCNS(=O)(=O)c1ccc(C)cc1)c1cc(C)cc(C)c1. The molecule has 1 amide bonds. The van der Waals surface area contributed by atoms with Crippen LogP contribution in [-0.4, -0.2) is 27.4 Å². The third-order valence-electron chi connectivity index (χ3n) is 3.86. The zero-order chi connectivity index (χ0) is 18.6. The van der Waals surface area contributed by atoms with Gasteiger partial charge >= 0.3 is 0 Å². The molecule has 0 atom stereocenters. The Balaban J connectivity index is 2.09. The molecule has 6 heteroatoms. The molecule has 134 valence electrons. The number of amides is 1. The van der Waals surface area contributed by atoms with E-state index in [9.17, 15) is 13.2 Å². The minimum Gasteiger partial charge on any atom is -0.311 e. The molecule has 2 aromatic carbocycles. The van der Waals surface area contributed by atoms with E-state index >= 15 is 0 Å². The molecule has 0 saturated carbocycles. The molecular formula is C19H24N2O3S. The molecule has 0 fully saturated rings. The van der Waals surface area contributed by atoms with Gasteiger partial charge in [-0.1, -0.05) is 23.8 Å². The summed E-state index contributed by atoms with van der Waals surface area (Å²) < 4.78 is 27.2. The van der Waals surface area contributed by atoms with E-state index < -0.39 is 10.0 Å². The van der Waals surface area contributed by atoms with E-state index in [0.717, 1.165) is 22.4 Å². The number of rotatable bonds is 6. The number of nitrogens with one attached hydrogen (secondary N) is 1. The second-order valence-corrected chi connectivity index (χ2v) is 7.99. The zero-order valence-electron chi connectivity index (χ0n) is 15.0. The highest BCUT2D eigenvalue weighted by atomic mass is 32.2. The van der Waals surface area contributed by atoms with Crippen molar-refractivity contribution in [3.8, 4) is 0 Å². The molecule has 0 aliphatic rings. The van der Waals surface area contributed by atoms with Crippen molar-refractivity contribution in [1.82, 2.24) is 4.72 Å². The summed E-state index contributed by atoms with van der Waals surface area (Å²) in [6, 6.07) is 12.5. The van der Waals surface area contributed by atoms with Crippen molar-refractivity contribution in [2.75, 3.05) is 18.0 Å². The Kier molecular flexibility index (Phi) is 5.98. The average molecular weight is 360 g/mol. The maximum atomic E-state index is 12.3. The molecule has 25 heavy (non-hydrogen) atoms. The Labute approximate surface area is 149 Å². The number of sulfonamides is 1. The Morgan fingerprint density at radius 2 is 1.52 bits per heavy atom. The van der Waals surface area contributed by atoms with Gasteiger partial charge in [0.05, 0.1) is 4.90 Å². The van der Waals surface area contributed by atoms with E-state index in [1.54, 1.807) is 29.2 Å². The zero-order valence-corrected chi connectivity index (χ0v) is 15.9. The van der Waals surface area contributed by atoms with Gasteiger partial charge in [0.15, 0.2) is 0 Å². The fourth-order valence-electron chi connectivity index (χ4n) is 2.67. The van der Waals surface area contributed by atoms with Crippen LogP contribution in [0.25, 0.3) is 0 Å². The Morgan fingerprint density at radius 1 is 0.960 bits per heavy atom. The molecular weight excluding hydrogens is 336 g/mol. The van der Waals surface area contributed by atoms with Gasteiger partial charge in [0.25, 0.3) is 0 Å². The Morgan fingerprint density at radius 3 is 2.04 bits per heavy atom. The first kappa shape index (κ1) is 19.1. The summed E-state index contributed by atoms with van der Waals surface area (Å²) in [4.78, 5) is 13.8. The number of carbonyl (C=O) groups excluding carboxylic acids is 1. The summed E-state index contributed by atoms with van der Waals surface area (Å²) in [5, 5.41) is 0. The predicted molar refractivity (Wildman–Crippen MR) is 100 cm³/mol. The van der Waals surface area contributed by atoms with Crippen LogP contribution >= 0.6 is 0 Å². The maximum absolute atomic E-state index is 12.3. The molecule has 2 rings (SSSR count). The highest BCUT2D eigenvalue weighted by Gasteiger charge is 2.16. The van der Waals surface area contributed by atoms with Crippen LogP contribution in [0.2, 0.25) is 0 Å². The highest BCUT2D eigenvalue weighted by Crippen LogP contribution is 2.19. The lowest BCUT2D eigenvalue weighted by Crippen LogP contribution is -2.37. The van der Waals surface area contributed by atoms with Gasteiger partial charge in [-0.2, -0.15) is 0 Å². The molecule has 0 aliphatic carbocycles. The van der Waals surface area contributed by atoms with Crippen LogP contribution in [0.4, 0.5) is 5.69 Å². The molecule has 0 aliphatic heterocycles. The molecule has 0 heterocycles. The lowest BCUT2D eigenvalue weighted by Gasteiger charge is -2.22. The van der Waals surface area contributed by atoms with Gasteiger partial charge in [-0.25, -0.2) is 13.1 Å². The molecule has 0 spiro atoms. The number of benzene rings is 2. The van der Waals surface area contributed by atoms with E-state index in [1.807, 2.05) is 39.0 Å². The number of nitrogens with zero attached hydrogens (tertiary/aromatic N) is 1. The summed E-state index contributed by atoms with van der Waals surface area (Å²) in [6.45, 7) is 7.72. The van der Waals surface area contributed by atoms with E-state index in [-0.39, 0.29) is 23.9 Å². The fraction of sp³-hybridized carbons (Fsp3) is 0.316. The summed E-state index contributed by atoms with van der Waals surface area (Å²) in [5.41, 5.74) is 3.89. The van der Waals surface area contributed by atoms with Crippen LogP contribution in [0.3, 0.4) is 0 Å². The Bertz CT molecular complexity index is 838. The first-order chi connectivity index (χ1) is 11.7. The van der Waals surface area contributed by atoms with Crippen molar-refractivity contribution in [2.24, 2.45) is 0 Å². The van der Waals surface area contributed by atoms with Gasteiger partial charge in [-0.3, -0.25) is 4.79 Å². The van der Waals surface area contributed by atoms with Gasteiger partial charge in [0.1, 0.15) is 0 Å². The lowest BCUT2D eigenvalue weighted by atomic mass is 10.1. The molecule has 5 nitrogen and oxygen atoms in total. The third-order valence-corrected chi connectivity index (χ3v) is 5.33. The summed E-state index contributed by atoms with van der Waals surface area (Å²) in [6.07, 6.45) is 0. The van der Waals surface area contributed by atoms with Gasteiger partial charge in [-0.15, -0.1) is 0 Å². The van der Waals surface area contributed by atoms with Crippen LogP contribution < -0.4 is 9.62 Å². The first-order valence-electron chi connectivity index (χ1n) is 8.12. The number of hydrogen-bond acceptors (Lipinski definition) is 3. The van der Waals surface area contributed by atoms with Crippen molar-refractivity contribution < 1.29 is 13.2 Å². The third kappa shape index (κ3) is 5.14. The van der Waals surface area contributed by atoms with E-state index in [0.29, 0.717) is 0 Å². The standard InChI is InChI=1S/C19H24N2O3S/c1-14-5-7-19(8-6-14)25(23,24)20-9-10-21(17(4)22)18-12-15(2)11-16(3)13-18/h5-8,11-13,20H,9-10H2,1-4H3. The van der Waals surface area contributed by atoms with Crippen molar-refractivity contribution in [3.05, 3.63) is 59.2 Å². The smallest absolute Gasteiger partial charge is 0.240 e. The van der Waals surface area contributed by atoms with Crippen LogP contribution in [0.5, 0.6) is 0 Å². The van der Waals surface area contributed by atoms with E-state index in [2.05, 4.69) is 4.72 Å². The molecule has 0 saturated heterocycles. The van der Waals surface area contributed by atoms with Crippen LogP contribution in [0.15, 0.2) is 47.4 Å². The number of hydrogen-bond donors (Lipinski definition) is 1. The number of anilines is 1. The summed E-state index contributed by atoms with van der Waals surface area (Å²) >= 11 is 0. The summed E-state index contributed by atoms with van der Waals surface area (Å²) in [5.74, 6) is -0.125. The normalized spacial score (nSPS) is 11.4. The molecule has 0 aromatic heterocycles. The molecule has 0 unspecified atom stereocenters. The monoisotopic (exact) mass is 360 g/mol. The van der Waals surface area contributed by atoms with Gasteiger partial charge in [-0.05, 0) is 56.2 Å². The van der Waals surface area contributed by atoms with Crippen LogP contribution in [0, 0.1) is 20.8 Å². The quantitative estimate of drug-likeness (QED) is 0.861. The molecule has 0 radical (unpaired) electrons. The second-order valence-electron chi connectivity index (χ2n) is 6.23. The fourth-order valence-corrected chi connectivity index (χ4v) is 3.69. The predicted octanol–water partition coefficient (Wildman–Crippen LogP) is 2.94. The number of carbonyl (C=O) groups is 1. The van der Waals surface area contributed by atoms with Crippen LogP contribution in [-0.2, 0) is 14.8 Å². The molecule has 1 N–H and O–H groups in total. The van der Waals surface area contributed by atoms with Crippen molar-refractivity contribution in [3.63, 3.8) is 0 Å². The Hall–Kier alpha value is -2.18. The first-order valence-corrected chi connectivity index (χ1v) is 9.60.